The van der Waals surface area contributed by atoms with Crippen LogP contribution in [0, 0.1) is 12.3 Å². The normalized spacial score (nSPS) is 13.8. The van der Waals surface area contributed by atoms with E-state index in [9.17, 15) is 0 Å². The molecule has 2 rings (SSSR count). The molecule has 0 radical (unpaired) electrons. The van der Waals surface area contributed by atoms with Crippen LogP contribution in [0.1, 0.15) is 41.5 Å². The highest BCUT2D eigenvalue weighted by atomic mass is 28.4. The number of hydrogen-bond acceptors (Lipinski definition) is 2. The summed E-state index contributed by atoms with van der Waals surface area (Å²) in [6, 6.07) is 21.1. The molecular weight excluding hydrogens is 348 g/mol. The van der Waals surface area contributed by atoms with Crippen molar-refractivity contribution in [3.05, 3.63) is 60.7 Å². The summed E-state index contributed by atoms with van der Waals surface area (Å²) in [7, 11) is -2.58. The third-order valence-corrected chi connectivity index (χ3v) is 9.55. The molecule has 0 spiro atoms. The monoisotopic (exact) mass is 380 g/mol. The average Bonchev–Trinajstić information content (AvgIpc) is 2.61. The Morgan fingerprint density at radius 1 is 0.852 bits per heavy atom. The molecule has 0 aliphatic carbocycles. The third kappa shape index (κ3) is 5.10. The quantitative estimate of drug-likeness (QED) is 0.547. The standard InChI is InChI=1S/C24H32O2Si/c1-8-20(26-23(2,3)4)19-25-27(24(5,6)7,21-15-11-9-12-16-21)22-17-13-10-14-18-22/h1,9-18,20H,19H2,2-7H3/t20-/m0/s1. The SMILES string of the molecule is C#C[C@@H](CO[Si](c1ccccc1)(c1ccccc1)C(C)(C)C)OC(C)(C)C. The summed E-state index contributed by atoms with van der Waals surface area (Å²) in [5, 5.41) is 2.42. The molecule has 0 fully saturated rings. The van der Waals surface area contributed by atoms with Crippen molar-refractivity contribution in [3.63, 3.8) is 0 Å². The largest absolute Gasteiger partial charge is 0.404 e. The fraction of sp³-hybridized carbons (Fsp3) is 0.417. The molecule has 0 unspecified atom stereocenters. The van der Waals surface area contributed by atoms with Gasteiger partial charge in [0.25, 0.3) is 8.32 Å². The van der Waals surface area contributed by atoms with Gasteiger partial charge >= 0.3 is 0 Å². The van der Waals surface area contributed by atoms with E-state index in [1.165, 1.54) is 10.4 Å². The molecule has 0 amide bonds. The van der Waals surface area contributed by atoms with Gasteiger partial charge in [-0.25, -0.2) is 0 Å². The van der Waals surface area contributed by atoms with Gasteiger partial charge in [0.2, 0.25) is 0 Å². The van der Waals surface area contributed by atoms with Crippen LogP contribution < -0.4 is 10.4 Å². The van der Waals surface area contributed by atoms with Gasteiger partial charge in [-0.1, -0.05) is 87.4 Å². The summed E-state index contributed by atoms with van der Waals surface area (Å²) in [6.07, 6.45) is 5.37. The van der Waals surface area contributed by atoms with Crippen LogP contribution in [0.4, 0.5) is 0 Å². The molecule has 2 aromatic carbocycles. The van der Waals surface area contributed by atoms with Crippen molar-refractivity contribution in [1.29, 1.82) is 0 Å². The van der Waals surface area contributed by atoms with Crippen molar-refractivity contribution in [2.45, 2.75) is 58.3 Å². The van der Waals surface area contributed by atoms with Gasteiger partial charge in [0.15, 0.2) is 0 Å². The molecule has 3 heteroatoms. The zero-order valence-corrected chi connectivity index (χ0v) is 18.5. The molecular formula is C24H32O2Si. The first-order valence-corrected chi connectivity index (χ1v) is 11.4. The fourth-order valence-electron chi connectivity index (χ4n) is 3.51. The van der Waals surface area contributed by atoms with Crippen LogP contribution in [0.15, 0.2) is 60.7 Å². The molecule has 1 atom stereocenters. The Bertz CT molecular complexity index is 709. The maximum atomic E-state index is 6.84. The fourth-order valence-corrected chi connectivity index (χ4v) is 8.06. The van der Waals surface area contributed by atoms with Crippen molar-refractivity contribution < 1.29 is 9.16 Å². The smallest absolute Gasteiger partial charge is 0.261 e. The molecule has 0 saturated heterocycles. The van der Waals surface area contributed by atoms with E-state index in [1.54, 1.807) is 0 Å². The lowest BCUT2D eigenvalue weighted by molar-refractivity contribution is -0.0506. The maximum absolute atomic E-state index is 6.84. The van der Waals surface area contributed by atoms with Crippen LogP contribution in [0.2, 0.25) is 5.04 Å². The van der Waals surface area contributed by atoms with Gasteiger partial charge in [-0.3, -0.25) is 0 Å². The van der Waals surface area contributed by atoms with Gasteiger partial charge in [0.05, 0.1) is 12.2 Å². The van der Waals surface area contributed by atoms with Crippen molar-refractivity contribution in [2.75, 3.05) is 6.61 Å². The Hall–Kier alpha value is -1.86. The molecule has 2 nitrogen and oxygen atoms in total. The lowest BCUT2D eigenvalue weighted by Gasteiger charge is -2.43. The topological polar surface area (TPSA) is 18.5 Å². The van der Waals surface area contributed by atoms with E-state index in [2.05, 4.69) is 75.2 Å². The van der Waals surface area contributed by atoms with Gasteiger partial charge in [0, 0.05) is 0 Å². The van der Waals surface area contributed by atoms with Gasteiger partial charge in [-0.2, -0.15) is 0 Å². The molecule has 0 bridgehead atoms. The van der Waals surface area contributed by atoms with Crippen LogP contribution in [0.3, 0.4) is 0 Å². The molecule has 0 N–H and O–H groups in total. The number of ether oxygens (including phenoxy) is 1. The first kappa shape index (κ1) is 21.4. The molecule has 27 heavy (non-hydrogen) atoms. The summed E-state index contributed by atoms with van der Waals surface area (Å²) < 4.78 is 12.9. The van der Waals surface area contributed by atoms with Crippen molar-refractivity contribution in [3.8, 4) is 12.3 Å². The minimum absolute atomic E-state index is 0.0728. The lowest BCUT2D eigenvalue weighted by atomic mass is 10.2. The van der Waals surface area contributed by atoms with E-state index < -0.39 is 8.32 Å². The highest BCUT2D eigenvalue weighted by molar-refractivity contribution is 6.99. The first-order chi connectivity index (χ1) is 12.6. The first-order valence-electron chi connectivity index (χ1n) is 9.49. The maximum Gasteiger partial charge on any atom is 0.261 e. The Morgan fingerprint density at radius 2 is 1.30 bits per heavy atom. The van der Waals surface area contributed by atoms with Crippen LogP contribution in [-0.4, -0.2) is 26.6 Å². The van der Waals surface area contributed by atoms with E-state index in [0.717, 1.165) is 0 Å². The predicted molar refractivity (Wildman–Crippen MR) is 117 cm³/mol. The van der Waals surface area contributed by atoms with Gasteiger partial charge in [0.1, 0.15) is 6.10 Å². The van der Waals surface area contributed by atoms with E-state index in [4.69, 9.17) is 15.6 Å². The molecule has 0 aromatic heterocycles. The number of benzene rings is 2. The molecule has 0 aliphatic heterocycles. The van der Waals surface area contributed by atoms with Crippen LogP contribution in [0.25, 0.3) is 0 Å². The predicted octanol–water partition coefficient (Wildman–Crippen LogP) is 4.38. The zero-order valence-electron chi connectivity index (χ0n) is 17.5. The summed E-state index contributed by atoms with van der Waals surface area (Å²) in [4.78, 5) is 0. The second kappa shape index (κ2) is 8.44. The molecule has 2 aromatic rings. The van der Waals surface area contributed by atoms with Crippen LogP contribution in [0.5, 0.6) is 0 Å². The zero-order chi connectivity index (χ0) is 20.1. The van der Waals surface area contributed by atoms with Crippen molar-refractivity contribution >= 4 is 18.7 Å². The van der Waals surface area contributed by atoms with Crippen molar-refractivity contribution in [1.82, 2.24) is 0 Å². The van der Waals surface area contributed by atoms with Gasteiger partial charge in [-0.05, 0) is 36.2 Å². The summed E-state index contributed by atoms with van der Waals surface area (Å²) in [5.74, 6) is 2.76. The molecule has 144 valence electrons. The number of terminal acetylenes is 1. The Labute approximate surface area is 166 Å². The van der Waals surface area contributed by atoms with Crippen LogP contribution in [-0.2, 0) is 9.16 Å². The number of hydrogen-bond donors (Lipinski definition) is 0. The second-order valence-electron chi connectivity index (χ2n) is 8.86. The van der Waals surface area contributed by atoms with E-state index in [1.807, 2.05) is 32.9 Å². The molecule has 0 aliphatic rings. The Balaban J connectivity index is 2.51. The minimum atomic E-state index is -2.58. The highest BCUT2D eigenvalue weighted by Gasteiger charge is 2.50. The van der Waals surface area contributed by atoms with E-state index in [-0.39, 0.29) is 16.7 Å². The summed E-state index contributed by atoms with van der Waals surface area (Å²) in [6.45, 7) is 13.2. The summed E-state index contributed by atoms with van der Waals surface area (Å²) in [5.41, 5.74) is -0.314. The van der Waals surface area contributed by atoms with Crippen molar-refractivity contribution in [2.24, 2.45) is 0 Å². The average molecular weight is 381 g/mol. The Kier molecular flexibility index (Phi) is 6.70. The van der Waals surface area contributed by atoms with Crippen LogP contribution >= 0.6 is 0 Å². The highest BCUT2D eigenvalue weighted by Crippen LogP contribution is 2.36. The van der Waals surface area contributed by atoms with Gasteiger partial charge in [-0.15, -0.1) is 6.42 Å². The summed E-state index contributed by atoms with van der Waals surface area (Å²) >= 11 is 0. The minimum Gasteiger partial charge on any atom is -0.404 e. The molecule has 0 saturated carbocycles. The van der Waals surface area contributed by atoms with E-state index >= 15 is 0 Å². The Morgan fingerprint density at radius 3 is 1.63 bits per heavy atom. The third-order valence-electron chi connectivity index (χ3n) is 4.55. The second-order valence-corrected chi connectivity index (χ2v) is 13.2. The van der Waals surface area contributed by atoms with Gasteiger partial charge < -0.3 is 9.16 Å². The lowest BCUT2D eigenvalue weighted by Crippen LogP contribution is -2.67. The molecule has 0 heterocycles. The number of rotatable bonds is 6. The van der Waals surface area contributed by atoms with E-state index in [0.29, 0.717) is 6.61 Å².